The monoisotopic (exact) mass is 548 g/mol. The Kier molecular flexibility index (Phi) is 9.77. The topological polar surface area (TPSA) is 58.6 Å². The first-order valence-electron chi connectivity index (χ1n) is 14.7. The molecule has 2 aromatic carbocycles. The molecule has 0 bridgehead atoms. The first-order valence-corrected chi connectivity index (χ1v) is 14.7. The molecule has 6 nitrogen and oxygen atoms in total. The van der Waals surface area contributed by atoms with Gasteiger partial charge in [-0.3, -0.25) is 4.79 Å². The standard InChI is InChI=1S/C26H30N4O2.C7H15F/c1-17-7-5-8-19-9-6-10-20(23(17)19)24(31)30-13-21-18(2)27-25(28-22(21)14-30)32-16-26(11-12-26)15-29(3)4;1-3-5-7(8)6-4-2/h5-10H,11-16H2,1-4H3;7H,3-6H2,1-2H3. The Labute approximate surface area is 238 Å². The summed E-state index contributed by atoms with van der Waals surface area (Å²) in [4.78, 5) is 26.9. The number of ether oxygens (including phenoxy) is 1. The first kappa shape index (κ1) is 29.9. The summed E-state index contributed by atoms with van der Waals surface area (Å²) >= 11 is 0. The van der Waals surface area contributed by atoms with Crippen molar-refractivity contribution in [3.63, 3.8) is 0 Å². The fourth-order valence-corrected chi connectivity index (χ4v) is 5.66. The van der Waals surface area contributed by atoms with Crippen molar-refractivity contribution in [2.75, 3.05) is 27.2 Å². The summed E-state index contributed by atoms with van der Waals surface area (Å²) in [6.07, 6.45) is 5.26. The van der Waals surface area contributed by atoms with Gasteiger partial charge in [0.05, 0.1) is 25.4 Å². The van der Waals surface area contributed by atoms with Gasteiger partial charge in [0.2, 0.25) is 0 Å². The van der Waals surface area contributed by atoms with Crippen molar-refractivity contribution >= 4 is 16.7 Å². The molecule has 40 heavy (non-hydrogen) atoms. The van der Waals surface area contributed by atoms with E-state index in [0.717, 1.165) is 71.1 Å². The molecular weight excluding hydrogens is 503 g/mol. The van der Waals surface area contributed by atoms with Crippen molar-refractivity contribution in [3.05, 3.63) is 64.5 Å². The summed E-state index contributed by atoms with van der Waals surface area (Å²) in [5, 5.41) is 2.12. The van der Waals surface area contributed by atoms with Crippen molar-refractivity contribution in [1.82, 2.24) is 19.8 Å². The minimum atomic E-state index is -0.537. The van der Waals surface area contributed by atoms with Crippen LogP contribution in [-0.4, -0.2) is 59.1 Å². The van der Waals surface area contributed by atoms with E-state index in [1.807, 2.05) is 43.9 Å². The van der Waals surface area contributed by atoms with Crippen LogP contribution < -0.4 is 4.74 Å². The number of amides is 1. The summed E-state index contributed by atoms with van der Waals surface area (Å²) in [5.41, 5.74) is 4.92. The normalized spacial score (nSPS) is 15.3. The third kappa shape index (κ3) is 7.17. The van der Waals surface area contributed by atoms with Gasteiger partial charge in [0.25, 0.3) is 5.91 Å². The van der Waals surface area contributed by atoms with Crippen molar-refractivity contribution in [1.29, 1.82) is 0 Å². The highest BCUT2D eigenvalue weighted by Gasteiger charge is 2.44. The number of carbonyl (C=O) groups is 1. The van der Waals surface area contributed by atoms with Crippen LogP contribution in [0.25, 0.3) is 10.8 Å². The Bertz CT molecular complexity index is 1310. The van der Waals surface area contributed by atoms with Gasteiger partial charge in [-0.1, -0.05) is 57.0 Å². The lowest BCUT2D eigenvalue weighted by Crippen LogP contribution is -2.28. The van der Waals surface area contributed by atoms with Gasteiger partial charge < -0.3 is 14.5 Å². The minimum absolute atomic E-state index is 0.0349. The van der Waals surface area contributed by atoms with Crippen molar-refractivity contribution in [2.24, 2.45) is 5.41 Å². The number of alkyl halides is 1. The fourth-order valence-electron chi connectivity index (χ4n) is 5.66. The van der Waals surface area contributed by atoms with Crippen LogP contribution in [0.2, 0.25) is 0 Å². The molecule has 1 aromatic heterocycles. The molecule has 0 radical (unpaired) electrons. The van der Waals surface area contributed by atoms with Crippen molar-refractivity contribution in [3.8, 4) is 6.01 Å². The Morgan fingerprint density at radius 3 is 2.35 bits per heavy atom. The van der Waals surface area contributed by atoms with E-state index in [-0.39, 0.29) is 11.3 Å². The number of aryl methyl sites for hydroxylation is 2. The van der Waals surface area contributed by atoms with Gasteiger partial charge in [-0.2, -0.15) is 4.98 Å². The molecule has 1 saturated carbocycles. The third-order valence-electron chi connectivity index (χ3n) is 7.92. The quantitative estimate of drug-likeness (QED) is 0.272. The van der Waals surface area contributed by atoms with E-state index < -0.39 is 6.17 Å². The highest BCUT2D eigenvalue weighted by atomic mass is 19.1. The highest BCUT2D eigenvalue weighted by molar-refractivity contribution is 6.08. The summed E-state index contributed by atoms with van der Waals surface area (Å²) in [6.45, 7) is 10.7. The van der Waals surface area contributed by atoms with Crippen LogP contribution in [0.15, 0.2) is 36.4 Å². The molecular formula is C33H45FN4O2. The summed E-state index contributed by atoms with van der Waals surface area (Å²) in [6, 6.07) is 12.5. The van der Waals surface area contributed by atoms with Crippen LogP contribution in [0.5, 0.6) is 6.01 Å². The number of fused-ring (bicyclic) bond motifs is 2. The number of rotatable bonds is 10. The van der Waals surface area contributed by atoms with Gasteiger partial charge in [-0.05, 0) is 76.0 Å². The lowest BCUT2D eigenvalue weighted by molar-refractivity contribution is 0.0752. The molecule has 216 valence electrons. The zero-order valence-electron chi connectivity index (χ0n) is 25.1. The molecule has 7 heteroatoms. The van der Waals surface area contributed by atoms with Crippen molar-refractivity contribution in [2.45, 2.75) is 85.5 Å². The zero-order valence-corrected chi connectivity index (χ0v) is 25.1. The van der Waals surface area contributed by atoms with E-state index in [4.69, 9.17) is 4.74 Å². The molecule has 0 atom stereocenters. The SMILES string of the molecule is CCCC(F)CCC.Cc1nc(OCC2(CN(C)C)CC2)nc2c1CN(C(=O)c1cccc3cccc(C)c13)C2. The zero-order chi connectivity index (χ0) is 28.9. The van der Waals surface area contributed by atoms with E-state index in [1.165, 1.54) is 12.8 Å². The van der Waals surface area contributed by atoms with Crippen LogP contribution in [-0.2, 0) is 13.1 Å². The summed E-state index contributed by atoms with van der Waals surface area (Å²) in [7, 11) is 4.19. The smallest absolute Gasteiger partial charge is 0.316 e. The van der Waals surface area contributed by atoms with Crippen molar-refractivity contribution < 1.29 is 13.9 Å². The fraction of sp³-hybridized carbons (Fsp3) is 0.545. The maximum atomic E-state index is 13.5. The number of hydrogen-bond donors (Lipinski definition) is 0. The predicted molar refractivity (Wildman–Crippen MR) is 159 cm³/mol. The first-order chi connectivity index (χ1) is 19.2. The molecule has 5 rings (SSSR count). The molecule has 0 unspecified atom stereocenters. The van der Waals surface area contributed by atoms with E-state index >= 15 is 0 Å². The number of benzene rings is 2. The van der Waals surface area contributed by atoms with Crippen LogP contribution in [0, 0.1) is 19.3 Å². The maximum absolute atomic E-state index is 13.5. The van der Waals surface area contributed by atoms with Crippen LogP contribution in [0.1, 0.15) is 85.2 Å². The predicted octanol–water partition coefficient (Wildman–Crippen LogP) is 7.05. The second-order valence-electron chi connectivity index (χ2n) is 11.9. The number of aromatic nitrogens is 2. The molecule has 0 spiro atoms. The number of carbonyl (C=O) groups excluding carboxylic acids is 1. The van der Waals surface area contributed by atoms with Gasteiger partial charge in [-0.25, -0.2) is 9.37 Å². The van der Waals surface area contributed by atoms with Gasteiger partial charge >= 0.3 is 6.01 Å². The molecule has 1 amide bonds. The molecule has 2 heterocycles. The van der Waals surface area contributed by atoms with Crippen LogP contribution >= 0.6 is 0 Å². The van der Waals surface area contributed by atoms with Crippen LogP contribution in [0.4, 0.5) is 4.39 Å². The lowest BCUT2D eigenvalue weighted by atomic mass is 9.99. The van der Waals surface area contributed by atoms with Gasteiger partial charge in [0.15, 0.2) is 0 Å². The molecule has 2 aliphatic rings. The maximum Gasteiger partial charge on any atom is 0.316 e. The van der Waals surface area contributed by atoms with E-state index in [2.05, 4.69) is 54.1 Å². The molecule has 3 aromatic rings. The Balaban J connectivity index is 0.000000406. The largest absolute Gasteiger partial charge is 0.463 e. The Hall–Kier alpha value is -3.06. The Morgan fingerprint density at radius 2 is 1.73 bits per heavy atom. The molecule has 0 N–H and O–H groups in total. The van der Waals surface area contributed by atoms with Gasteiger partial charge in [-0.15, -0.1) is 0 Å². The molecule has 1 aliphatic carbocycles. The minimum Gasteiger partial charge on any atom is -0.463 e. The third-order valence-corrected chi connectivity index (χ3v) is 7.92. The Morgan fingerprint density at radius 1 is 1.05 bits per heavy atom. The highest BCUT2D eigenvalue weighted by Crippen LogP contribution is 2.46. The molecule has 1 fully saturated rings. The van der Waals surface area contributed by atoms with E-state index in [1.54, 1.807) is 0 Å². The lowest BCUT2D eigenvalue weighted by Gasteiger charge is -2.20. The van der Waals surface area contributed by atoms with E-state index in [0.29, 0.717) is 25.7 Å². The van der Waals surface area contributed by atoms with E-state index in [9.17, 15) is 9.18 Å². The average molecular weight is 549 g/mol. The summed E-state index contributed by atoms with van der Waals surface area (Å²) < 4.78 is 18.4. The molecule has 0 saturated heterocycles. The average Bonchev–Trinajstić information content (AvgIpc) is 3.53. The number of halogens is 1. The summed E-state index contributed by atoms with van der Waals surface area (Å²) in [5.74, 6) is 0.0349. The van der Waals surface area contributed by atoms with Crippen LogP contribution in [0.3, 0.4) is 0 Å². The van der Waals surface area contributed by atoms with Gasteiger partial charge in [0.1, 0.15) is 6.17 Å². The second-order valence-corrected chi connectivity index (χ2v) is 11.9. The van der Waals surface area contributed by atoms with Gasteiger partial charge in [0, 0.05) is 28.8 Å². The second kappa shape index (κ2) is 13.1. The number of nitrogens with zero attached hydrogens (tertiary/aromatic N) is 4. The molecule has 1 aliphatic heterocycles. The number of hydrogen-bond acceptors (Lipinski definition) is 5.